The second-order valence-electron chi connectivity index (χ2n) is 6.70. The molecular formula is C19H23N3O4S. The van der Waals surface area contributed by atoms with E-state index in [-0.39, 0.29) is 36.0 Å². The minimum absolute atomic E-state index is 0.0381. The minimum atomic E-state index is -3.58. The highest BCUT2D eigenvalue weighted by Crippen LogP contribution is 2.20. The van der Waals surface area contributed by atoms with Crippen molar-refractivity contribution < 1.29 is 13.2 Å². The first-order valence-electron chi connectivity index (χ1n) is 8.80. The smallest absolute Gasteiger partial charge is 0.250 e. The maximum atomic E-state index is 12.8. The zero-order valence-electron chi connectivity index (χ0n) is 15.5. The van der Waals surface area contributed by atoms with E-state index in [0.29, 0.717) is 13.1 Å². The molecule has 27 heavy (non-hydrogen) atoms. The van der Waals surface area contributed by atoms with Gasteiger partial charge in [-0.25, -0.2) is 8.42 Å². The van der Waals surface area contributed by atoms with Crippen molar-refractivity contribution in [3.05, 3.63) is 64.1 Å². The van der Waals surface area contributed by atoms with Gasteiger partial charge in [0.05, 0.1) is 4.90 Å². The van der Waals surface area contributed by atoms with Crippen LogP contribution in [0.4, 0.5) is 0 Å². The van der Waals surface area contributed by atoms with Crippen LogP contribution in [0.2, 0.25) is 0 Å². The zero-order chi connectivity index (χ0) is 19.6. The lowest BCUT2D eigenvalue weighted by Crippen LogP contribution is -2.51. The molecule has 0 atom stereocenters. The second-order valence-corrected chi connectivity index (χ2v) is 8.64. The van der Waals surface area contributed by atoms with Crippen LogP contribution in [0.15, 0.2) is 52.3 Å². The molecule has 0 saturated carbocycles. The summed E-state index contributed by atoms with van der Waals surface area (Å²) >= 11 is 0. The number of aryl methyl sites for hydroxylation is 2. The fourth-order valence-corrected chi connectivity index (χ4v) is 4.55. The standard InChI is InChI=1S/C19H23N3O4S/c1-15-6-7-17(13-16(15)2)27(25,26)22-11-9-20(10-12-22)19(24)14-21-8-4-3-5-18(21)23/h3-8,13H,9-12,14H2,1-2H3. The maximum absolute atomic E-state index is 12.8. The third kappa shape index (κ3) is 4.12. The van der Waals surface area contributed by atoms with Crippen molar-refractivity contribution in [2.75, 3.05) is 26.2 Å². The lowest BCUT2D eigenvalue weighted by molar-refractivity contribution is -0.133. The molecule has 2 heterocycles. The predicted octanol–water partition coefficient (Wildman–Crippen LogP) is 0.998. The maximum Gasteiger partial charge on any atom is 0.250 e. The highest BCUT2D eigenvalue weighted by atomic mass is 32.2. The Morgan fingerprint density at radius 2 is 1.70 bits per heavy atom. The van der Waals surface area contributed by atoms with Gasteiger partial charge in [-0.05, 0) is 43.2 Å². The molecule has 0 N–H and O–H groups in total. The number of sulfonamides is 1. The Kier molecular flexibility index (Phi) is 5.48. The topological polar surface area (TPSA) is 79.7 Å². The van der Waals surface area contributed by atoms with Gasteiger partial charge in [0.2, 0.25) is 15.9 Å². The Balaban J connectivity index is 1.66. The summed E-state index contributed by atoms with van der Waals surface area (Å²) < 4.78 is 28.4. The molecule has 1 aromatic carbocycles. The number of nitrogens with zero attached hydrogens (tertiary/aromatic N) is 3. The molecule has 0 unspecified atom stereocenters. The van der Waals surface area contributed by atoms with Gasteiger partial charge >= 0.3 is 0 Å². The Morgan fingerprint density at radius 1 is 1.00 bits per heavy atom. The normalized spacial score (nSPS) is 15.7. The van der Waals surface area contributed by atoms with Crippen molar-refractivity contribution in [1.82, 2.24) is 13.8 Å². The van der Waals surface area contributed by atoms with Crippen LogP contribution in [0, 0.1) is 13.8 Å². The van der Waals surface area contributed by atoms with Gasteiger partial charge in [-0.15, -0.1) is 0 Å². The highest BCUT2D eigenvalue weighted by Gasteiger charge is 2.30. The molecule has 3 rings (SSSR count). The van der Waals surface area contributed by atoms with Crippen LogP contribution >= 0.6 is 0 Å². The summed E-state index contributed by atoms with van der Waals surface area (Å²) in [6, 6.07) is 9.84. The molecule has 1 aliphatic heterocycles. The summed E-state index contributed by atoms with van der Waals surface area (Å²) in [5.74, 6) is -0.188. The van der Waals surface area contributed by atoms with Crippen LogP contribution in [0.1, 0.15) is 11.1 Å². The Labute approximate surface area is 158 Å². The number of carbonyl (C=O) groups excluding carboxylic acids is 1. The van der Waals surface area contributed by atoms with Gasteiger partial charge in [0.25, 0.3) is 5.56 Å². The summed E-state index contributed by atoms with van der Waals surface area (Å²) in [6.45, 7) is 4.89. The fourth-order valence-electron chi connectivity index (χ4n) is 3.04. The zero-order valence-corrected chi connectivity index (χ0v) is 16.3. The molecule has 1 aromatic heterocycles. The SMILES string of the molecule is Cc1ccc(S(=O)(=O)N2CCN(C(=O)Cn3ccccc3=O)CC2)cc1C. The number of aromatic nitrogens is 1. The van der Waals surface area contributed by atoms with E-state index in [1.54, 1.807) is 41.4 Å². The number of carbonyl (C=O) groups is 1. The molecule has 1 aliphatic rings. The Morgan fingerprint density at radius 3 is 2.33 bits per heavy atom. The quantitative estimate of drug-likeness (QED) is 0.781. The first kappa shape index (κ1) is 19.3. The molecular weight excluding hydrogens is 366 g/mol. The summed E-state index contributed by atoms with van der Waals surface area (Å²) in [5, 5.41) is 0. The first-order chi connectivity index (χ1) is 12.8. The van der Waals surface area contributed by atoms with E-state index in [1.807, 2.05) is 13.8 Å². The molecule has 7 nitrogen and oxygen atoms in total. The van der Waals surface area contributed by atoms with Gasteiger partial charge in [-0.3, -0.25) is 9.59 Å². The van der Waals surface area contributed by atoms with Crippen molar-refractivity contribution in [2.24, 2.45) is 0 Å². The molecule has 2 aromatic rings. The van der Waals surface area contributed by atoms with E-state index in [2.05, 4.69) is 0 Å². The molecule has 0 spiro atoms. The minimum Gasteiger partial charge on any atom is -0.339 e. The van der Waals surface area contributed by atoms with Crippen LogP contribution in [-0.2, 0) is 21.4 Å². The van der Waals surface area contributed by atoms with Gasteiger partial charge in [-0.2, -0.15) is 4.31 Å². The number of hydrogen-bond acceptors (Lipinski definition) is 4. The highest BCUT2D eigenvalue weighted by molar-refractivity contribution is 7.89. The number of hydrogen-bond donors (Lipinski definition) is 0. The predicted molar refractivity (Wildman–Crippen MR) is 102 cm³/mol. The summed E-state index contributed by atoms with van der Waals surface area (Å²) in [5.41, 5.74) is 1.74. The van der Waals surface area contributed by atoms with Crippen molar-refractivity contribution in [3.8, 4) is 0 Å². The average molecular weight is 389 g/mol. The third-order valence-electron chi connectivity index (χ3n) is 4.91. The summed E-state index contributed by atoms with van der Waals surface area (Å²) in [4.78, 5) is 26.0. The molecule has 1 saturated heterocycles. The molecule has 0 aliphatic carbocycles. The third-order valence-corrected chi connectivity index (χ3v) is 6.81. The van der Waals surface area contributed by atoms with Gasteiger partial charge in [0, 0.05) is 38.4 Å². The molecule has 1 amide bonds. The monoisotopic (exact) mass is 389 g/mol. The second kappa shape index (κ2) is 7.66. The number of piperazine rings is 1. The lowest BCUT2D eigenvalue weighted by atomic mass is 10.1. The summed E-state index contributed by atoms with van der Waals surface area (Å²) in [6.07, 6.45) is 1.57. The average Bonchev–Trinajstić information content (AvgIpc) is 2.65. The molecule has 8 heteroatoms. The van der Waals surface area contributed by atoms with Gasteiger partial charge < -0.3 is 9.47 Å². The van der Waals surface area contributed by atoms with Crippen LogP contribution in [0.25, 0.3) is 0 Å². The largest absolute Gasteiger partial charge is 0.339 e. The number of pyridine rings is 1. The Bertz CT molecular complexity index is 1010. The van der Waals surface area contributed by atoms with Gasteiger partial charge in [0.1, 0.15) is 6.54 Å². The van der Waals surface area contributed by atoms with Crippen LogP contribution in [0.5, 0.6) is 0 Å². The van der Waals surface area contributed by atoms with Crippen LogP contribution < -0.4 is 5.56 Å². The molecule has 0 radical (unpaired) electrons. The molecule has 144 valence electrons. The first-order valence-corrected chi connectivity index (χ1v) is 10.2. The van der Waals surface area contributed by atoms with E-state index in [4.69, 9.17) is 0 Å². The van der Waals surface area contributed by atoms with Crippen molar-refractivity contribution in [2.45, 2.75) is 25.3 Å². The Hall–Kier alpha value is -2.45. The van der Waals surface area contributed by atoms with Gasteiger partial charge in [0.15, 0.2) is 0 Å². The lowest BCUT2D eigenvalue weighted by Gasteiger charge is -2.34. The van der Waals surface area contributed by atoms with Crippen LogP contribution in [-0.4, -0.2) is 54.3 Å². The van der Waals surface area contributed by atoms with E-state index in [0.717, 1.165) is 11.1 Å². The van der Waals surface area contributed by atoms with E-state index in [9.17, 15) is 18.0 Å². The number of benzene rings is 1. The number of rotatable bonds is 4. The van der Waals surface area contributed by atoms with Crippen molar-refractivity contribution in [3.63, 3.8) is 0 Å². The van der Waals surface area contributed by atoms with E-state index < -0.39 is 10.0 Å². The van der Waals surface area contributed by atoms with Crippen molar-refractivity contribution >= 4 is 15.9 Å². The molecule has 0 bridgehead atoms. The fraction of sp³-hybridized carbons (Fsp3) is 0.368. The van der Waals surface area contributed by atoms with Crippen molar-refractivity contribution in [1.29, 1.82) is 0 Å². The van der Waals surface area contributed by atoms with Gasteiger partial charge in [-0.1, -0.05) is 12.1 Å². The summed E-state index contributed by atoms with van der Waals surface area (Å²) in [7, 11) is -3.58. The van der Waals surface area contributed by atoms with E-state index in [1.165, 1.54) is 14.9 Å². The van der Waals surface area contributed by atoms with E-state index >= 15 is 0 Å². The number of amides is 1. The van der Waals surface area contributed by atoms with Crippen LogP contribution in [0.3, 0.4) is 0 Å². The molecule has 1 fully saturated rings.